The van der Waals surface area contributed by atoms with Crippen LogP contribution in [-0.4, -0.2) is 31.2 Å². The number of phenolic OH excluding ortho intramolecular Hbond substituents is 1. The molecule has 1 amide bonds. The summed E-state index contributed by atoms with van der Waals surface area (Å²) in [5.74, 6) is 0.252. The molecule has 0 heterocycles. The van der Waals surface area contributed by atoms with Gasteiger partial charge in [-0.05, 0) is 25.1 Å². The SMILES string of the molecule is CCCNCC(=O)Nc1ccc(OC)c(O)c1. The fourth-order valence-corrected chi connectivity index (χ4v) is 1.35. The van der Waals surface area contributed by atoms with Gasteiger partial charge >= 0.3 is 0 Å². The second-order valence-electron chi connectivity index (χ2n) is 3.61. The van der Waals surface area contributed by atoms with Gasteiger partial charge in [0.15, 0.2) is 11.5 Å². The molecule has 0 aromatic heterocycles. The zero-order valence-corrected chi connectivity index (χ0v) is 10.1. The Labute approximate surface area is 101 Å². The van der Waals surface area contributed by atoms with Crippen molar-refractivity contribution in [2.45, 2.75) is 13.3 Å². The van der Waals surface area contributed by atoms with Crippen LogP contribution in [0.5, 0.6) is 11.5 Å². The standard InChI is InChI=1S/C12H18N2O3/c1-3-6-13-8-12(16)14-9-4-5-11(17-2)10(15)7-9/h4-5,7,13,15H,3,6,8H2,1-2H3,(H,14,16). The van der Waals surface area contributed by atoms with Crippen molar-refractivity contribution in [1.82, 2.24) is 5.32 Å². The van der Waals surface area contributed by atoms with E-state index in [2.05, 4.69) is 10.6 Å². The Bertz CT molecular complexity index is 380. The molecule has 0 atom stereocenters. The maximum absolute atomic E-state index is 11.5. The summed E-state index contributed by atoms with van der Waals surface area (Å²) < 4.78 is 4.91. The van der Waals surface area contributed by atoms with E-state index in [1.807, 2.05) is 6.92 Å². The van der Waals surface area contributed by atoms with Crippen molar-refractivity contribution in [3.63, 3.8) is 0 Å². The quantitative estimate of drug-likeness (QED) is 0.654. The Hall–Kier alpha value is -1.75. The van der Waals surface area contributed by atoms with Gasteiger partial charge in [-0.15, -0.1) is 0 Å². The first kappa shape index (κ1) is 13.3. The van der Waals surface area contributed by atoms with E-state index in [-0.39, 0.29) is 18.2 Å². The average molecular weight is 238 g/mol. The van der Waals surface area contributed by atoms with Crippen LogP contribution in [0.1, 0.15) is 13.3 Å². The molecule has 0 spiro atoms. The van der Waals surface area contributed by atoms with Crippen LogP contribution in [0.2, 0.25) is 0 Å². The van der Waals surface area contributed by atoms with Crippen molar-refractivity contribution in [2.75, 3.05) is 25.5 Å². The molecule has 1 aromatic carbocycles. The van der Waals surface area contributed by atoms with Crippen LogP contribution in [0.4, 0.5) is 5.69 Å². The zero-order valence-electron chi connectivity index (χ0n) is 10.1. The highest BCUT2D eigenvalue weighted by Gasteiger charge is 2.05. The van der Waals surface area contributed by atoms with Crippen molar-refractivity contribution >= 4 is 11.6 Å². The first-order chi connectivity index (χ1) is 8.17. The number of phenols is 1. The number of anilines is 1. The van der Waals surface area contributed by atoms with Crippen LogP contribution in [-0.2, 0) is 4.79 Å². The highest BCUT2D eigenvalue weighted by molar-refractivity contribution is 5.92. The second-order valence-corrected chi connectivity index (χ2v) is 3.61. The Morgan fingerprint density at radius 3 is 2.82 bits per heavy atom. The molecular weight excluding hydrogens is 220 g/mol. The number of hydrogen-bond donors (Lipinski definition) is 3. The Morgan fingerprint density at radius 2 is 2.24 bits per heavy atom. The van der Waals surface area contributed by atoms with Gasteiger partial charge in [0.25, 0.3) is 0 Å². The lowest BCUT2D eigenvalue weighted by Gasteiger charge is -2.08. The summed E-state index contributed by atoms with van der Waals surface area (Å²) in [6.45, 7) is 3.11. The number of amides is 1. The lowest BCUT2D eigenvalue weighted by atomic mass is 10.2. The lowest BCUT2D eigenvalue weighted by Crippen LogP contribution is -2.28. The minimum absolute atomic E-state index is 0.00631. The van der Waals surface area contributed by atoms with Crippen LogP contribution in [0, 0.1) is 0 Å². The molecule has 0 unspecified atom stereocenters. The molecule has 0 aliphatic carbocycles. The van der Waals surface area contributed by atoms with E-state index in [1.165, 1.54) is 13.2 Å². The van der Waals surface area contributed by atoms with Gasteiger partial charge in [0.05, 0.1) is 13.7 Å². The maximum Gasteiger partial charge on any atom is 0.238 e. The largest absolute Gasteiger partial charge is 0.504 e. The number of rotatable bonds is 6. The molecule has 0 fully saturated rings. The van der Waals surface area contributed by atoms with E-state index >= 15 is 0 Å². The third-order valence-corrected chi connectivity index (χ3v) is 2.17. The van der Waals surface area contributed by atoms with Crippen LogP contribution in [0.3, 0.4) is 0 Å². The van der Waals surface area contributed by atoms with Gasteiger partial charge in [-0.3, -0.25) is 4.79 Å². The molecule has 0 radical (unpaired) electrons. The number of hydrogen-bond acceptors (Lipinski definition) is 4. The smallest absolute Gasteiger partial charge is 0.238 e. The van der Waals surface area contributed by atoms with E-state index in [0.717, 1.165) is 13.0 Å². The molecule has 0 saturated heterocycles. The number of aromatic hydroxyl groups is 1. The van der Waals surface area contributed by atoms with Crippen molar-refractivity contribution in [2.24, 2.45) is 0 Å². The number of ether oxygens (including phenoxy) is 1. The molecule has 0 bridgehead atoms. The number of benzene rings is 1. The summed E-state index contributed by atoms with van der Waals surface area (Å²) >= 11 is 0. The van der Waals surface area contributed by atoms with Crippen molar-refractivity contribution in [3.8, 4) is 11.5 Å². The van der Waals surface area contributed by atoms with Crippen molar-refractivity contribution < 1.29 is 14.6 Å². The monoisotopic (exact) mass is 238 g/mol. The van der Waals surface area contributed by atoms with Gasteiger partial charge in [0.1, 0.15) is 0 Å². The molecule has 5 heteroatoms. The number of carbonyl (C=O) groups excluding carboxylic acids is 1. The first-order valence-electron chi connectivity index (χ1n) is 5.55. The maximum atomic E-state index is 11.5. The second kappa shape index (κ2) is 6.75. The van der Waals surface area contributed by atoms with Crippen LogP contribution >= 0.6 is 0 Å². The van der Waals surface area contributed by atoms with Crippen molar-refractivity contribution in [3.05, 3.63) is 18.2 Å². The normalized spacial score (nSPS) is 10.0. The van der Waals surface area contributed by atoms with E-state index in [0.29, 0.717) is 11.4 Å². The number of methoxy groups -OCH3 is 1. The minimum atomic E-state index is -0.136. The third kappa shape index (κ3) is 4.32. The molecule has 3 N–H and O–H groups in total. The van der Waals surface area contributed by atoms with Crippen LogP contribution in [0.25, 0.3) is 0 Å². The molecule has 1 rings (SSSR count). The lowest BCUT2D eigenvalue weighted by molar-refractivity contribution is -0.115. The molecule has 94 valence electrons. The topological polar surface area (TPSA) is 70.6 Å². The summed E-state index contributed by atoms with van der Waals surface area (Å²) in [4.78, 5) is 11.5. The summed E-state index contributed by atoms with van der Waals surface area (Å²) in [7, 11) is 1.47. The molecule has 1 aromatic rings. The van der Waals surface area contributed by atoms with Crippen LogP contribution < -0.4 is 15.4 Å². The minimum Gasteiger partial charge on any atom is -0.504 e. The Kier molecular flexibility index (Phi) is 5.29. The fourth-order valence-electron chi connectivity index (χ4n) is 1.35. The van der Waals surface area contributed by atoms with Gasteiger partial charge in [-0.25, -0.2) is 0 Å². The van der Waals surface area contributed by atoms with Gasteiger partial charge in [-0.1, -0.05) is 6.92 Å². The Balaban J connectivity index is 2.51. The molecule has 17 heavy (non-hydrogen) atoms. The number of nitrogens with one attached hydrogen (secondary N) is 2. The van der Waals surface area contributed by atoms with E-state index < -0.39 is 0 Å². The number of carbonyl (C=O) groups is 1. The molecule has 0 aliphatic rings. The van der Waals surface area contributed by atoms with Crippen LogP contribution in [0.15, 0.2) is 18.2 Å². The molecule has 5 nitrogen and oxygen atoms in total. The van der Waals surface area contributed by atoms with Gasteiger partial charge in [0.2, 0.25) is 5.91 Å². The third-order valence-electron chi connectivity index (χ3n) is 2.17. The summed E-state index contributed by atoms with van der Waals surface area (Å²) in [6.07, 6.45) is 0.983. The fraction of sp³-hybridized carbons (Fsp3) is 0.417. The van der Waals surface area contributed by atoms with Gasteiger partial charge in [0, 0.05) is 11.8 Å². The summed E-state index contributed by atoms with van der Waals surface area (Å²) in [5, 5.41) is 15.2. The molecule has 0 saturated carbocycles. The molecular formula is C12H18N2O3. The Morgan fingerprint density at radius 1 is 1.47 bits per heavy atom. The first-order valence-corrected chi connectivity index (χ1v) is 5.55. The zero-order chi connectivity index (χ0) is 12.7. The highest BCUT2D eigenvalue weighted by Crippen LogP contribution is 2.28. The summed E-state index contributed by atoms with van der Waals surface area (Å²) in [5.41, 5.74) is 0.548. The average Bonchev–Trinajstić information content (AvgIpc) is 2.29. The van der Waals surface area contributed by atoms with E-state index in [9.17, 15) is 9.90 Å². The van der Waals surface area contributed by atoms with Gasteiger partial charge in [-0.2, -0.15) is 0 Å². The molecule has 0 aliphatic heterocycles. The summed E-state index contributed by atoms with van der Waals surface area (Å²) in [6, 6.07) is 4.73. The van der Waals surface area contributed by atoms with Gasteiger partial charge < -0.3 is 20.5 Å². The predicted molar refractivity (Wildman–Crippen MR) is 66.4 cm³/mol. The highest BCUT2D eigenvalue weighted by atomic mass is 16.5. The predicted octanol–water partition coefficient (Wildman–Crippen LogP) is 1.34. The van der Waals surface area contributed by atoms with E-state index in [4.69, 9.17) is 4.74 Å². The van der Waals surface area contributed by atoms with Crippen molar-refractivity contribution in [1.29, 1.82) is 0 Å². The van der Waals surface area contributed by atoms with E-state index in [1.54, 1.807) is 12.1 Å².